The minimum Gasteiger partial charge on any atom is -0.449 e. The van der Waals surface area contributed by atoms with Crippen molar-refractivity contribution in [1.29, 1.82) is 0 Å². The van der Waals surface area contributed by atoms with Crippen LogP contribution in [0, 0.1) is 6.92 Å². The molecule has 0 aliphatic heterocycles. The first-order chi connectivity index (χ1) is 10.1. The van der Waals surface area contributed by atoms with Crippen molar-refractivity contribution < 1.29 is 9.21 Å². The minimum absolute atomic E-state index is 0.219. The molecule has 21 heavy (non-hydrogen) atoms. The number of nitrogens with zero attached hydrogens (tertiary/aromatic N) is 3. The molecule has 3 rings (SSSR count). The van der Waals surface area contributed by atoms with Crippen molar-refractivity contribution in [3.63, 3.8) is 0 Å². The Hall–Kier alpha value is -2.25. The zero-order valence-electron chi connectivity index (χ0n) is 10.8. The van der Waals surface area contributed by atoms with Crippen LogP contribution in [0.2, 0.25) is 4.47 Å². The summed E-state index contributed by atoms with van der Waals surface area (Å²) in [6.45, 7) is 1.78. The number of anilines is 1. The van der Waals surface area contributed by atoms with E-state index in [1.165, 1.54) is 0 Å². The second kappa shape index (κ2) is 5.63. The SMILES string of the molecule is Cc1nc(-c2ccc(NC(=O)c3nnc(Cl)s3)cc2)co1. The van der Waals surface area contributed by atoms with Gasteiger partial charge in [0, 0.05) is 18.2 Å². The quantitative estimate of drug-likeness (QED) is 0.799. The van der Waals surface area contributed by atoms with Gasteiger partial charge in [-0.2, -0.15) is 0 Å². The molecule has 106 valence electrons. The zero-order valence-corrected chi connectivity index (χ0v) is 12.4. The van der Waals surface area contributed by atoms with Gasteiger partial charge >= 0.3 is 0 Å². The van der Waals surface area contributed by atoms with Crippen molar-refractivity contribution in [2.24, 2.45) is 0 Å². The highest BCUT2D eigenvalue weighted by atomic mass is 35.5. The molecule has 0 radical (unpaired) electrons. The molecule has 1 amide bonds. The molecule has 0 bridgehead atoms. The molecule has 1 aromatic carbocycles. The number of carbonyl (C=O) groups is 1. The van der Waals surface area contributed by atoms with Gasteiger partial charge in [0.2, 0.25) is 9.47 Å². The molecule has 3 aromatic rings. The standard InChI is InChI=1S/C13H9ClN4O2S/c1-7-15-10(6-20-7)8-2-4-9(5-3-8)16-11(19)12-17-18-13(14)21-12/h2-6H,1H3,(H,16,19). The second-order valence-corrected chi connectivity index (χ2v) is 5.70. The number of oxazole rings is 1. The summed E-state index contributed by atoms with van der Waals surface area (Å²) in [5, 5.41) is 10.2. The largest absolute Gasteiger partial charge is 0.449 e. The van der Waals surface area contributed by atoms with Crippen LogP contribution in [0.25, 0.3) is 11.3 Å². The maximum Gasteiger partial charge on any atom is 0.286 e. The van der Waals surface area contributed by atoms with Crippen molar-refractivity contribution in [2.75, 3.05) is 5.32 Å². The molecule has 8 heteroatoms. The van der Waals surface area contributed by atoms with Crippen LogP contribution >= 0.6 is 22.9 Å². The first-order valence-corrected chi connectivity index (χ1v) is 7.14. The maximum atomic E-state index is 11.9. The molecule has 0 saturated heterocycles. The van der Waals surface area contributed by atoms with Gasteiger partial charge in [-0.25, -0.2) is 4.98 Å². The zero-order chi connectivity index (χ0) is 14.8. The minimum atomic E-state index is -0.343. The van der Waals surface area contributed by atoms with Crippen LogP contribution in [0.1, 0.15) is 15.7 Å². The Morgan fingerprint density at radius 3 is 2.62 bits per heavy atom. The lowest BCUT2D eigenvalue weighted by Gasteiger charge is -2.03. The van der Waals surface area contributed by atoms with Crippen LogP contribution < -0.4 is 5.32 Å². The lowest BCUT2D eigenvalue weighted by atomic mass is 10.1. The Labute approximate surface area is 128 Å². The monoisotopic (exact) mass is 320 g/mol. The molecule has 0 spiro atoms. The van der Waals surface area contributed by atoms with Crippen molar-refractivity contribution in [2.45, 2.75) is 6.92 Å². The number of carbonyl (C=O) groups excluding carboxylic acids is 1. The molecule has 0 saturated carbocycles. The van der Waals surface area contributed by atoms with Gasteiger partial charge in [0.05, 0.1) is 0 Å². The van der Waals surface area contributed by atoms with Gasteiger partial charge in [-0.05, 0) is 23.7 Å². The van der Waals surface area contributed by atoms with Crippen LogP contribution in [-0.4, -0.2) is 21.1 Å². The highest BCUT2D eigenvalue weighted by Crippen LogP contribution is 2.21. The first kappa shape index (κ1) is 13.7. The Kier molecular flexibility index (Phi) is 3.68. The molecule has 2 heterocycles. The van der Waals surface area contributed by atoms with Crippen molar-refractivity contribution >= 4 is 34.5 Å². The highest BCUT2D eigenvalue weighted by Gasteiger charge is 2.12. The van der Waals surface area contributed by atoms with E-state index in [9.17, 15) is 4.79 Å². The lowest BCUT2D eigenvalue weighted by molar-refractivity contribution is 0.102. The smallest absolute Gasteiger partial charge is 0.286 e. The van der Waals surface area contributed by atoms with E-state index < -0.39 is 0 Å². The summed E-state index contributed by atoms with van der Waals surface area (Å²) in [5.74, 6) is 0.264. The Bertz CT molecular complexity index is 782. The number of amides is 1. The second-order valence-electron chi connectivity index (χ2n) is 4.14. The maximum absolute atomic E-state index is 11.9. The molecule has 0 fully saturated rings. The van der Waals surface area contributed by atoms with Gasteiger partial charge in [-0.1, -0.05) is 23.5 Å². The van der Waals surface area contributed by atoms with E-state index in [1.54, 1.807) is 25.3 Å². The number of aromatic nitrogens is 3. The van der Waals surface area contributed by atoms with Crippen molar-refractivity contribution in [3.8, 4) is 11.3 Å². The van der Waals surface area contributed by atoms with E-state index in [2.05, 4.69) is 20.5 Å². The third-order valence-electron chi connectivity index (χ3n) is 2.65. The van der Waals surface area contributed by atoms with Gasteiger partial charge in [-0.3, -0.25) is 4.79 Å². The average Bonchev–Trinajstić information content (AvgIpc) is 3.08. The number of aryl methyl sites for hydroxylation is 1. The van der Waals surface area contributed by atoms with Gasteiger partial charge in [-0.15, -0.1) is 10.2 Å². The average molecular weight is 321 g/mol. The first-order valence-electron chi connectivity index (χ1n) is 5.95. The van der Waals surface area contributed by atoms with Crippen LogP contribution in [0.5, 0.6) is 0 Å². The van der Waals surface area contributed by atoms with Gasteiger partial charge in [0.1, 0.15) is 12.0 Å². The topological polar surface area (TPSA) is 80.9 Å². The van der Waals surface area contributed by atoms with Crippen LogP contribution in [0.4, 0.5) is 5.69 Å². The summed E-state index contributed by atoms with van der Waals surface area (Å²) in [5.41, 5.74) is 2.31. The molecule has 0 aliphatic carbocycles. The molecule has 0 atom stereocenters. The van der Waals surface area contributed by atoms with E-state index in [0.717, 1.165) is 22.6 Å². The summed E-state index contributed by atoms with van der Waals surface area (Å²) in [6, 6.07) is 7.25. The molecule has 2 aromatic heterocycles. The van der Waals surface area contributed by atoms with Gasteiger partial charge < -0.3 is 9.73 Å². The van der Waals surface area contributed by atoms with E-state index in [0.29, 0.717) is 11.6 Å². The van der Waals surface area contributed by atoms with E-state index in [-0.39, 0.29) is 15.4 Å². The number of nitrogens with one attached hydrogen (secondary N) is 1. The summed E-state index contributed by atoms with van der Waals surface area (Å²) >= 11 is 6.67. The summed E-state index contributed by atoms with van der Waals surface area (Å²) in [7, 11) is 0. The van der Waals surface area contributed by atoms with Crippen molar-refractivity contribution in [3.05, 3.63) is 45.9 Å². The van der Waals surface area contributed by atoms with E-state index in [4.69, 9.17) is 16.0 Å². The molecule has 6 nitrogen and oxygen atoms in total. The fourth-order valence-electron chi connectivity index (χ4n) is 1.70. The van der Waals surface area contributed by atoms with Gasteiger partial charge in [0.15, 0.2) is 5.89 Å². The number of hydrogen-bond donors (Lipinski definition) is 1. The summed E-state index contributed by atoms with van der Waals surface area (Å²) in [6.07, 6.45) is 1.59. The molecule has 0 aliphatic rings. The fourth-order valence-corrected chi connectivity index (χ4v) is 2.43. The number of rotatable bonds is 3. The normalized spacial score (nSPS) is 10.6. The van der Waals surface area contributed by atoms with Gasteiger partial charge in [0.25, 0.3) is 5.91 Å². The summed E-state index contributed by atoms with van der Waals surface area (Å²) in [4.78, 5) is 16.1. The van der Waals surface area contributed by atoms with E-state index >= 15 is 0 Å². The Morgan fingerprint density at radius 2 is 2.05 bits per heavy atom. The predicted octanol–water partition coefficient (Wildman–Crippen LogP) is 3.41. The van der Waals surface area contributed by atoms with Crippen LogP contribution in [0.15, 0.2) is 34.9 Å². The van der Waals surface area contributed by atoms with Crippen LogP contribution in [-0.2, 0) is 0 Å². The Balaban J connectivity index is 1.74. The molecule has 1 N–H and O–H groups in total. The molecule has 0 unspecified atom stereocenters. The highest BCUT2D eigenvalue weighted by molar-refractivity contribution is 7.17. The number of hydrogen-bond acceptors (Lipinski definition) is 6. The fraction of sp³-hybridized carbons (Fsp3) is 0.0769. The summed E-state index contributed by atoms with van der Waals surface area (Å²) < 4.78 is 5.40. The number of halogens is 1. The predicted molar refractivity (Wildman–Crippen MR) is 79.5 cm³/mol. The lowest BCUT2D eigenvalue weighted by Crippen LogP contribution is -2.11. The molecular formula is C13H9ClN4O2S. The van der Waals surface area contributed by atoms with Crippen LogP contribution in [0.3, 0.4) is 0 Å². The van der Waals surface area contributed by atoms with Crippen molar-refractivity contribution in [1.82, 2.24) is 15.2 Å². The van der Waals surface area contributed by atoms with E-state index in [1.807, 2.05) is 12.1 Å². The number of benzene rings is 1. The third-order valence-corrected chi connectivity index (χ3v) is 3.67. The Morgan fingerprint density at radius 1 is 1.29 bits per heavy atom. The third kappa shape index (κ3) is 3.09. The molecular weight excluding hydrogens is 312 g/mol.